The van der Waals surface area contributed by atoms with Crippen LogP contribution in [0, 0.1) is 0 Å². The van der Waals surface area contributed by atoms with E-state index in [1.54, 1.807) is 37.3 Å². The van der Waals surface area contributed by atoms with Gasteiger partial charge < -0.3 is 14.2 Å². The minimum absolute atomic E-state index is 0.127. The van der Waals surface area contributed by atoms with Crippen molar-refractivity contribution in [2.24, 2.45) is 0 Å². The molecule has 1 aliphatic rings. The van der Waals surface area contributed by atoms with Gasteiger partial charge in [0, 0.05) is 36.8 Å². The molecule has 0 N–H and O–H groups in total. The van der Waals surface area contributed by atoms with Crippen LogP contribution in [0.3, 0.4) is 0 Å². The van der Waals surface area contributed by atoms with Crippen molar-refractivity contribution in [1.29, 1.82) is 0 Å². The van der Waals surface area contributed by atoms with Gasteiger partial charge >= 0.3 is 0 Å². The zero-order valence-electron chi connectivity index (χ0n) is 18.2. The number of thiazole rings is 1. The molecule has 1 amide bonds. The van der Waals surface area contributed by atoms with Crippen LogP contribution in [0.4, 0.5) is 5.13 Å². The lowest BCUT2D eigenvalue weighted by Crippen LogP contribution is -2.39. The largest absolute Gasteiger partial charge is 0.493 e. The first kappa shape index (κ1) is 22.8. The number of rotatable bonds is 8. The molecule has 0 unspecified atom stereocenters. The Morgan fingerprint density at radius 3 is 2.69 bits per heavy atom. The van der Waals surface area contributed by atoms with E-state index in [1.807, 2.05) is 18.2 Å². The molecule has 1 aromatic heterocycles. The van der Waals surface area contributed by atoms with Gasteiger partial charge in [0.2, 0.25) is 0 Å². The molecule has 2 aromatic carbocycles. The Bertz CT molecular complexity index is 1080. The van der Waals surface area contributed by atoms with Crippen LogP contribution in [-0.4, -0.2) is 69.4 Å². The van der Waals surface area contributed by atoms with Crippen LogP contribution in [0.15, 0.2) is 36.4 Å². The lowest BCUT2D eigenvalue weighted by molar-refractivity contribution is 0.0376. The number of amides is 1. The number of ether oxygens (including phenoxy) is 3. The van der Waals surface area contributed by atoms with Crippen molar-refractivity contribution >= 4 is 44.2 Å². The highest BCUT2D eigenvalue weighted by Gasteiger charge is 2.23. The zero-order valence-corrected chi connectivity index (χ0v) is 19.7. The lowest BCUT2D eigenvalue weighted by Gasteiger charge is -2.27. The Hall–Kier alpha value is -2.39. The molecular weight excluding hydrogens is 450 g/mol. The summed E-state index contributed by atoms with van der Waals surface area (Å²) in [4.78, 5) is 22.4. The van der Waals surface area contributed by atoms with Gasteiger partial charge in [-0.2, -0.15) is 0 Å². The normalized spacial score (nSPS) is 14.5. The smallest absolute Gasteiger partial charge is 0.260 e. The summed E-state index contributed by atoms with van der Waals surface area (Å²) in [6, 6.07) is 10.8. The molecular formula is C23H26ClN3O4S. The lowest BCUT2D eigenvalue weighted by atomic mass is 10.1. The first-order chi connectivity index (χ1) is 15.6. The van der Waals surface area contributed by atoms with E-state index in [9.17, 15) is 4.79 Å². The molecule has 0 bridgehead atoms. The van der Waals surface area contributed by atoms with Crippen molar-refractivity contribution in [3.63, 3.8) is 0 Å². The minimum Gasteiger partial charge on any atom is -0.493 e. The maximum absolute atomic E-state index is 13.6. The standard InChI is InChI=1S/C23H26ClN3O4S/c1-29-19-7-4-16(14-20(19)30-2)22(28)27(9-3-8-26-10-12-31-13-11-26)23-25-18-6-5-17(24)15-21(18)32-23/h4-7,14-15H,3,8-13H2,1-2H3. The molecule has 1 fully saturated rings. The van der Waals surface area contributed by atoms with Crippen molar-refractivity contribution in [3.8, 4) is 11.5 Å². The van der Waals surface area contributed by atoms with E-state index < -0.39 is 0 Å². The predicted octanol–water partition coefficient (Wildman–Crippen LogP) is 4.34. The number of carbonyl (C=O) groups excluding carboxylic acids is 1. The van der Waals surface area contributed by atoms with Crippen LogP contribution in [0.5, 0.6) is 11.5 Å². The van der Waals surface area contributed by atoms with Crippen molar-refractivity contribution in [2.45, 2.75) is 6.42 Å². The molecule has 0 aliphatic carbocycles. The molecule has 0 radical (unpaired) electrons. The van der Waals surface area contributed by atoms with Crippen molar-refractivity contribution < 1.29 is 19.0 Å². The fraction of sp³-hybridized carbons (Fsp3) is 0.391. The van der Waals surface area contributed by atoms with E-state index in [4.69, 9.17) is 30.8 Å². The van der Waals surface area contributed by atoms with Crippen LogP contribution < -0.4 is 14.4 Å². The number of nitrogens with zero attached hydrogens (tertiary/aromatic N) is 3. The molecule has 2 heterocycles. The van der Waals surface area contributed by atoms with E-state index in [1.165, 1.54) is 11.3 Å². The summed E-state index contributed by atoms with van der Waals surface area (Å²) < 4.78 is 17.1. The fourth-order valence-electron chi connectivity index (χ4n) is 3.69. The summed E-state index contributed by atoms with van der Waals surface area (Å²) in [5, 5.41) is 1.31. The van der Waals surface area contributed by atoms with Gasteiger partial charge in [-0.25, -0.2) is 4.98 Å². The summed E-state index contributed by atoms with van der Waals surface area (Å²) in [6.45, 7) is 4.81. The number of aromatic nitrogens is 1. The fourth-order valence-corrected chi connectivity index (χ4v) is 4.95. The van der Waals surface area contributed by atoms with Crippen LogP contribution in [-0.2, 0) is 4.74 Å². The number of carbonyl (C=O) groups is 1. The Labute approximate surface area is 196 Å². The third-order valence-electron chi connectivity index (χ3n) is 5.41. The summed E-state index contributed by atoms with van der Waals surface area (Å²) in [7, 11) is 3.13. The Balaban J connectivity index is 1.60. The second-order valence-electron chi connectivity index (χ2n) is 7.44. The van der Waals surface area contributed by atoms with E-state index >= 15 is 0 Å². The highest BCUT2D eigenvalue weighted by molar-refractivity contribution is 7.22. The van der Waals surface area contributed by atoms with Crippen LogP contribution in [0.2, 0.25) is 5.02 Å². The maximum atomic E-state index is 13.6. The van der Waals surface area contributed by atoms with E-state index in [2.05, 4.69) is 4.90 Å². The molecule has 0 spiro atoms. The third-order valence-corrected chi connectivity index (χ3v) is 6.68. The monoisotopic (exact) mass is 475 g/mol. The zero-order chi connectivity index (χ0) is 22.5. The minimum atomic E-state index is -0.127. The number of hydrogen-bond acceptors (Lipinski definition) is 7. The Morgan fingerprint density at radius 2 is 1.94 bits per heavy atom. The van der Waals surface area contributed by atoms with Crippen molar-refractivity contribution in [1.82, 2.24) is 9.88 Å². The second kappa shape index (κ2) is 10.5. The number of fused-ring (bicyclic) bond motifs is 1. The molecule has 0 saturated carbocycles. The first-order valence-electron chi connectivity index (χ1n) is 10.5. The maximum Gasteiger partial charge on any atom is 0.260 e. The molecule has 9 heteroatoms. The van der Waals surface area contributed by atoms with E-state index in [0.717, 1.165) is 49.5 Å². The number of methoxy groups -OCH3 is 2. The summed E-state index contributed by atoms with van der Waals surface area (Å²) in [6.07, 6.45) is 0.829. The molecule has 0 atom stereocenters. The summed E-state index contributed by atoms with van der Waals surface area (Å²) >= 11 is 7.62. The quantitative estimate of drug-likeness (QED) is 0.483. The summed E-state index contributed by atoms with van der Waals surface area (Å²) in [5.74, 6) is 0.971. The highest BCUT2D eigenvalue weighted by Crippen LogP contribution is 2.33. The van der Waals surface area contributed by atoms with Gasteiger partial charge in [-0.1, -0.05) is 22.9 Å². The number of halogens is 1. The van der Waals surface area contributed by atoms with Crippen LogP contribution in [0.25, 0.3) is 10.2 Å². The molecule has 3 aromatic rings. The van der Waals surface area contributed by atoms with Gasteiger partial charge in [0.1, 0.15) is 0 Å². The second-order valence-corrected chi connectivity index (χ2v) is 8.89. The number of benzene rings is 2. The molecule has 4 rings (SSSR count). The Kier molecular flexibility index (Phi) is 7.47. The van der Waals surface area contributed by atoms with Gasteiger partial charge in [0.15, 0.2) is 16.6 Å². The van der Waals surface area contributed by atoms with Gasteiger partial charge in [0.25, 0.3) is 5.91 Å². The number of morpholine rings is 1. The third kappa shape index (κ3) is 5.15. The first-order valence-corrected chi connectivity index (χ1v) is 11.7. The van der Waals surface area contributed by atoms with Gasteiger partial charge in [-0.05, 0) is 42.8 Å². The average Bonchev–Trinajstić information content (AvgIpc) is 3.24. The SMILES string of the molecule is COc1ccc(C(=O)N(CCCN2CCOCC2)c2nc3ccc(Cl)cc3s2)cc1OC. The number of anilines is 1. The van der Waals surface area contributed by atoms with E-state index in [-0.39, 0.29) is 5.91 Å². The molecule has 7 nitrogen and oxygen atoms in total. The average molecular weight is 476 g/mol. The summed E-state index contributed by atoms with van der Waals surface area (Å²) in [5.41, 5.74) is 1.35. The van der Waals surface area contributed by atoms with Gasteiger partial charge in [-0.15, -0.1) is 0 Å². The van der Waals surface area contributed by atoms with Crippen molar-refractivity contribution in [2.75, 3.05) is 58.5 Å². The number of hydrogen-bond donors (Lipinski definition) is 0. The highest BCUT2D eigenvalue weighted by atomic mass is 35.5. The molecule has 1 aliphatic heterocycles. The van der Waals surface area contributed by atoms with Crippen LogP contribution >= 0.6 is 22.9 Å². The molecule has 1 saturated heterocycles. The molecule has 170 valence electrons. The van der Waals surface area contributed by atoms with Crippen LogP contribution in [0.1, 0.15) is 16.8 Å². The topological polar surface area (TPSA) is 64.1 Å². The predicted molar refractivity (Wildman–Crippen MR) is 128 cm³/mol. The van der Waals surface area contributed by atoms with E-state index in [0.29, 0.717) is 33.8 Å². The van der Waals surface area contributed by atoms with Gasteiger partial charge in [-0.3, -0.25) is 14.6 Å². The Morgan fingerprint density at radius 1 is 1.16 bits per heavy atom. The van der Waals surface area contributed by atoms with Crippen molar-refractivity contribution in [3.05, 3.63) is 47.0 Å². The van der Waals surface area contributed by atoms with Gasteiger partial charge in [0.05, 0.1) is 37.6 Å². The molecule has 32 heavy (non-hydrogen) atoms.